The molecule has 4 nitrogen and oxygen atoms in total. The zero-order valence-electron chi connectivity index (χ0n) is 11.6. The number of nitrogens with zero attached hydrogens (tertiary/aromatic N) is 1. The normalized spacial score (nSPS) is 10.1. The van der Waals surface area contributed by atoms with Crippen LogP contribution in [0.2, 0.25) is 0 Å². The van der Waals surface area contributed by atoms with Gasteiger partial charge < -0.3 is 10.1 Å². The first kappa shape index (κ1) is 15.0. The number of carbonyl (C=O) groups excluding carboxylic acids is 1. The van der Waals surface area contributed by atoms with E-state index in [-0.39, 0.29) is 24.8 Å². The fourth-order valence-electron chi connectivity index (χ4n) is 1.77. The molecule has 0 bridgehead atoms. The van der Waals surface area contributed by atoms with Gasteiger partial charge in [0, 0.05) is 18.9 Å². The van der Waals surface area contributed by atoms with Gasteiger partial charge in [-0.15, -0.1) is 0 Å². The molecule has 2 rings (SSSR count). The fourth-order valence-corrected chi connectivity index (χ4v) is 1.77. The van der Waals surface area contributed by atoms with E-state index in [1.165, 1.54) is 24.3 Å². The van der Waals surface area contributed by atoms with E-state index >= 15 is 0 Å². The molecular weight excluding hydrogens is 271 g/mol. The molecule has 0 radical (unpaired) electrons. The number of rotatable bonds is 7. The number of pyridine rings is 1. The van der Waals surface area contributed by atoms with E-state index in [0.717, 1.165) is 12.0 Å². The summed E-state index contributed by atoms with van der Waals surface area (Å²) in [4.78, 5) is 15.6. The number of hydrogen-bond donors (Lipinski definition) is 1. The minimum absolute atomic E-state index is 0.0685. The summed E-state index contributed by atoms with van der Waals surface area (Å²) in [6, 6.07) is 9.56. The van der Waals surface area contributed by atoms with Gasteiger partial charge in [0.2, 0.25) is 5.91 Å². The van der Waals surface area contributed by atoms with E-state index in [1.807, 2.05) is 12.1 Å². The number of carbonyl (C=O) groups is 1. The molecule has 1 heterocycles. The molecule has 0 spiro atoms. The second-order valence-electron chi connectivity index (χ2n) is 4.51. The molecule has 0 saturated heterocycles. The summed E-state index contributed by atoms with van der Waals surface area (Å²) >= 11 is 0. The summed E-state index contributed by atoms with van der Waals surface area (Å²) in [7, 11) is 0. The Morgan fingerprint density at radius 2 is 2.05 bits per heavy atom. The molecule has 1 aromatic heterocycles. The quantitative estimate of drug-likeness (QED) is 0.851. The molecule has 0 aliphatic heterocycles. The van der Waals surface area contributed by atoms with E-state index in [4.69, 9.17) is 4.74 Å². The Hall–Kier alpha value is -2.43. The lowest BCUT2D eigenvalue weighted by molar-refractivity contribution is -0.121. The van der Waals surface area contributed by atoms with Crippen molar-refractivity contribution in [2.45, 2.75) is 12.8 Å². The van der Waals surface area contributed by atoms with Crippen LogP contribution in [-0.4, -0.2) is 24.0 Å². The third kappa shape index (κ3) is 5.60. The van der Waals surface area contributed by atoms with E-state index in [1.54, 1.807) is 12.4 Å². The molecule has 2 aromatic rings. The summed E-state index contributed by atoms with van der Waals surface area (Å²) in [5.41, 5.74) is 1.08. The molecule has 0 fully saturated rings. The van der Waals surface area contributed by atoms with Crippen LogP contribution in [-0.2, 0) is 11.2 Å². The number of hydrogen-bond acceptors (Lipinski definition) is 3. The first-order chi connectivity index (χ1) is 10.2. The van der Waals surface area contributed by atoms with Crippen LogP contribution in [0.5, 0.6) is 5.75 Å². The van der Waals surface area contributed by atoms with E-state index < -0.39 is 0 Å². The van der Waals surface area contributed by atoms with Crippen molar-refractivity contribution in [3.8, 4) is 5.75 Å². The van der Waals surface area contributed by atoms with Gasteiger partial charge in [0.1, 0.15) is 11.6 Å². The zero-order valence-corrected chi connectivity index (χ0v) is 11.6. The molecular formula is C16H17FN2O2. The highest BCUT2D eigenvalue weighted by Gasteiger charge is 2.02. The third-order valence-corrected chi connectivity index (χ3v) is 2.87. The van der Waals surface area contributed by atoms with Gasteiger partial charge >= 0.3 is 0 Å². The first-order valence-electron chi connectivity index (χ1n) is 6.78. The Balaban J connectivity index is 1.60. The third-order valence-electron chi connectivity index (χ3n) is 2.87. The van der Waals surface area contributed by atoms with Crippen molar-refractivity contribution in [3.05, 3.63) is 60.2 Å². The van der Waals surface area contributed by atoms with Crippen molar-refractivity contribution in [1.82, 2.24) is 10.3 Å². The zero-order chi connectivity index (χ0) is 14.9. The highest BCUT2D eigenvalue weighted by molar-refractivity contribution is 5.75. The Labute approximate surface area is 123 Å². The SMILES string of the molecule is O=C(CCOc1ccc(F)cc1)NCCc1cccnc1. The van der Waals surface area contributed by atoms with Crippen molar-refractivity contribution in [2.24, 2.45) is 0 Å². The van der Waals surface area contributed by atoms with Gasteiger partial charge in [-0.2, -0.15) is 0 Å². The molecule has 1 N–H and O–H groups in total. The highest BCUT2D eigenvalue weighted by atomic mass is 19.1. The number of amides is 1. The van der Waals surface area contributed by atoms with Crippen molar-refractivity contribution >= 4 is 5.91 Å². The molecule has 1 aromatic carbocycles. The Morgan fingerprint density at radius 3 is 2.76 bits per heavy atom. The lowest BCUT2D eigenvalue weighted by Gasteiger charge is -2.07. The van der Waals surface area contributed by atoms with Crippen molar-refractivity contribution < 1.29 is 13.9 Å². The van der Waals surface area contributed by atoms with Crippen LogP contribution < -0.4 is 10.1 Å². The van der Waals surface area contributed by atoms with Gasteiger partial charge in [0.05, 0.1) is 13.0 Å². The summed E-state index contributed by atoms with van der Waals surface area (Å²) in [6.07, 6.45) is 4.52. The molecule has 0 atom stereocenters. The van der Waals surface area contributed by atoms with Gasteiger partial charge in [0.25, 0.3) is 0 Å². The van der Waals surface area contributed by atoms with Crippen LogP contribution in [0.3, 0.4) is 0 Å². The summed E-state index contributed by atoms with van der Waals surface area (Å²) in [5.74, 6) is 0.177. The maximum absolute atomic E-state index is 12.7. The standard InChI is InChI=1S/C16H17FN2O2/c17-14-3-5-15(6-4-14)21-11-8-16(20)19-10-7-13-2-1-9-18-12-13/h1-6,9,12H,7-8,10-11H2,(H,19,20). The average Bonchev–Trinajstić information content (AvgIpc) is 2.50. The van der Waals surface area contributed by atoms with E-state index in [0.29, 0.717) is 12.3 Å². The van der Waals surface area contributed by atoms with Crippen LogP contribution in [0, 0.1) is 5.82 Å². The van der Waals surface area contributed by atoms with E-state index in [2.05, 4.69) is 10.3 Å². The Morgan fingerprint density at radius 1 is 1.24 bits per heavy atom. The first-order valence-corrected chi connectivity index (χ1v) is 6.78. The monoisotopic (exact) mass is 288 g/mol. The minimum Gasteiger partial charge on any atom is -0.493 e. The molecule has 0 unspecified atom stereocenters. The summed E-state index contributed by atoms with van der Waals surface area (Å²) < 4.78 is 18.1. The lowest BCUT2D eigenvalue weighted by atomic mass is 10.2. The topological polar surface area (TPSA) is 51.2 Å². The maximum Gasteiger partial charge on any atom is 0.223 e. The molecule has 5 heteroatoms. The molecule has 110 valence electrons. The van der Waals surface area contributed by atoms with Crippen LogP contribution in [0.15, 0.2) is 48.8 Å². The molecule has 21 heavy (non-hydrogen) atoms. The van der Waals surface area contributed by atoms with Crippen molar-refractivity contribution in [2.75, 3.05) is 13.2 Å². The van der Waals surface area contributed by atoms with Crippen LogP contribution in [0.4, 0.5) is 4.39 Å². The predicted molar refractivity (Wildman–Crippen MR) is 77.5 cm³/mol. The summed E-state index contributed by atoms with van der Waals surface area (Å²) in [6.45, 7) is 0.839. The molecule has 1 amide bonds. The van der Waals surface area contributed by atoms with Gasteiger partial charge in [-0.3, -0.25) is 9.78 Å². The van der Waals surface area contributed by atoms with Crippen LogP contribution in [0.25, 0.3) is 0 Å². The van der Waals surface area contributed by atoms with Gasteiger partial charge in [0.15, 0.2) is 0 Å². The minimum atomic E-state index is -0.310. The molecule has 0 aliphatic rings. The number of nitrogens with one attached hydrogen (secondary N) is 1. The second-order valence-corrected chi connectivity index (χ2v) is 4.51. The second kappa shape index (κ2) is 7.99. The number of halogens is 1. The fraction of sp³-hybridized carbons (Fsp3) is 0.250. The number of ether oxygens (including phenoxy) is 1. The summed E-state index contributed by atoms with van der Waals surface area (Å²) in [5, 5.41) is 2.82. The van der Waals surface area contributed by atoms with Crippen LogP contribution >= 0.6 is 0 Å². The van der Waals surface area contributed by atoms with Gasteiger partial charge in [-0.1, -0.05) is 6.07 Å². The van der Waals surface area contributed by atoms with Crippen molar-refractivity contribution in [3.63, 3.8) is 0 Å². The lowest BCUT2D eigenvalue weighted by Crippen LogP contribution is -2.27. The average molecular weight is 288 g/mol. The van der Waals surface area contributed by atoms with Crippen LogP contribution in [0.1, 0.15) is 12.0 Å². The van der Waals surface area contributed by atoms with Crippen molar-refractivity contribution in [1.29, 1.82) is 0 Å². The predicted octanol–water partition coefficient (Wildman–Crippen LogP) is 2.35. The molecule has 0 saturated carbocycles. The smallest absolute Gasteiger partial charge is 0.223 e. The van der Waals surface area contributed by atoms with E-state index in [9.17, 15) is 9.18 Å². The number of aromatic nitrogens is 1. The largest absolute Gasteiger partial charge is 0.493 e. The number of benzene rings is 1. The highest BCUT2D eigenvalue weighted by Crippen LogP contribution is 2.11. The van der Waals surface area contributed by atoms with Gasteiger partial charge in [-0.25, -0.2) is 4.39 Å². The Bertz CT molecular complexity index is 558. The Kier molecular flexibility index (Phi) is 5.70. The van der Waals surface area contributed by atoms with Gasteiger partial charge in [-0.05, 0) is 42.3 Å². The molecule has 0 aliphatic carbocycles. The maximum atomic E-state index is 12.7.